The number of ether oxygens (including phenoxy) is 1. The van der Waals surface area contributed by atoms with E-state index in [2.05, 4.69) is 26.8 Å². The normalized spacial score (nSPS) is 31.9. The molecule has 0 radical (unpaired) electrons. The molecule has 2 aliphatic heterocycles. The summed E-state index contributed by atoms with van der Waals surface area (Å²) in [6.45, 7) is 6.79. The number of hydrogen-bond acceptors (Lipinski definition) is 4. The quantitative estimate of drug-likeness (QED) is 0.463. The van der Waals surface area contributed by atoms with Crippen LogP contribution in [0.1, 0.15) is 90.4 Å². The van der Waals surface area contributed by atoms with Gasteiger partial charge in [-0.25, -0.2) is 0 Å². The molecule has 4 fully saturated rings. The Balaban J connectivity index is 1.30. The second kappa shape index (κ2) is 12.6. The molecular weight excluding hydrogens is 455 g/mol. The van der Waals surface area contributed by atoms with E-state index in [-0.39, 0.29) is 6.04 Å². The minimum Gasteiger partial charge on any atom is -0.337 e. The average Bonchev–Trinajstić information content (AvgIpc) is 3.26. The zero-order chi connectivity index (χ0) is 24.8. The Bertz CT molecular complexity index is 671. The molecule has 4 rings (SSSR count). The van der Waals surface area contributed by atoms with Gasteiger partial charge in [0.05, 0.1) is 12.1 Å². The molecule has 1 amide bonds. The second-order valence-electron chi connectivity index (χ2n) is 11.6. The van der Waals surface area contributed by atoms with Crippen molar-refractivity contribution >= 4 is 5.91 Å². The highest BCUT2D eigenvalue weighted by atomic mass is 19.4. The van der Waals surface area contributed by atoms with Crippen molar-refractivity contribution in [2.75, 3.05) is 32.7 Å². The number of halogens is 3. The molecule has 0 aromatic rings. The lowest BCUT2D eigenvalue weighted by atomic mass is 9.83. The molecule has 2 saturated heterocycles. The molecule has 5 atom stereocenters. The molecule has 2 aliphatic carbocycles. The number of rotatable bonds is 9. The molecule has 0 spiro atoms. The summed E-state index contributed by atoms with van der Waals surface area (Å²) in [5, 5.41) is 3.61. The average molecular weight is 502 g/mol. The first-order valence-corrected chi connectivity index (χ1v) is 14.3. The molecule has 0 bridgehead atoms. The number of likely N-dealkylation sites (tertiary alicyclic amines) is 2. The van der Waals surface area contributed by atoms with Gasteiger partial charge in [-0.15, -0.1) is 13.2 Å². The van der Waals surface area contributed by atoms with Crippen LogP contribution in [0.3, 0.4) is 0 Å². The number of nitrogens with one attached hydrogen (secondary N) is 1. The summed E-state index contributed by atoms with van der Waals surface area (Å²) < 4.78 is 42.3. The number of alkyl halides is 3. The van der Waals surface area contributed by atoms with Crippen LogP contribution in [0.2, 0.25) is 0 Å². The van der Waals surface area contributed by atoms with E-state index in [0.29, 0.717) is 42.5 Å². The van der Waals surface area contributed by atoms with Crippen molar-refractivity contribution in [3.05, 3.63) is 0 Å². The number of amides is 1. The Morgan fingerprint density at radius 2 is 1.80 bits per heavy atom. The maximum Gasteiger partial charge on any atom is 0.522 e. The van der Waals surface area contributed by atoms with Crippen molar-refractivity contribution in [1.29, 1.82) is 0 Å². The van der Waals surface area contributed by atoms with Gasteiger partial charge in [-0.3, -0.25) is 9.53 Å². The van der Waals surface area contributed by atoms with Gasteiger partial charge in [0.2, 0.25) is 5.91 Å². The van der Waals surface area contributed by atoms with Gasteiger partial charge in [0.25, 0.3) is 0 Å². The summed E-state index contributed by atoms with van der Waals surface area (Å²) in [4.78, 5) is 18.5. The first kappa shape index (κ1) is 27.2. The van der Waals surface area contributed by atoms with Crippen LogP contribution in [0, 0.1) is 17.8 Å². The third kappa shape index (κ3) is 7.57. The number of piperidine rings is 1. The lowest BCUT2D eigenvalue weighted by Crippen LogP contribution is -2.56. The maximum atomic E-state index is 13.8. The Morgan fingerprint density at radius 3 is 2.54 bits per heavy atom. The number of carbonyl (C=O) groups excluding carboxylic acids is 1. The smallest absolute Gasteiger partial charge is 0.337 e. The predicted octanol–water partition coefficient (Wildman–Crippen LogP) is 5.34. The molecule has 0 aromatic carbocycles. The van der Waals surface area contributed by atoms with E-state index >= 15 is 0 Å². The molecule has 8 heteroatoms. The van der Waals surface area contributed by atoms with Crippen molar-refractivity contribution in [2.45, 2.75) is 115 Å². The van der Waals surface area contributed by atoms with Crippen LogP contribution in [0.4, 0.5) is 13.2 Å². The molecule has 1 N–H and O–H groups in total. The number of carbonyl (C=O) groups is 1. The molecule has 2 heterocycles. The number of hydrogen-bond donors (Lipinski definition) is 1. The van der Waals surface area contributed by atoms with Crippen molar-refractivity contribution in [2.24, 2.45) is 17.8 Å². The van der Waals surface area contributed by atoms with E-state index in [1.54, 1.807) is 0 Å². The molecular formula is C27H46F3N3O2. The lowest BCUT2D eigenvalue weighted by molar-refractivity contribution is -0.346. The Labute approximate surface area is 209 Å². The Kier molecular flexibility index (Phi) is 9.78. The van der Waals surface area contributed by atoms with Crippen LogP contribution < -0.4 is 5.32 Å². The minimum atomic E-state index is -4.53. The van der Waals surface area contributed by atoms with Crippen LogP contribution in [0.25, 0.3) is 0 Å². The molecule has 4 aliphatic rings. The lowest BCUT2D eigenvalue weighted by Gasteiger charge is -2.41. The van der Waals surface area contributed by atoms with Crippen LogP contribution in [-0.2, 0) is 9.53 Å². The van der Waals surface area contributed by atoms with Crippen molar-refractivity contribution in [1.82, 2.24) is 15.1 Å². The minimum absolute atomic E-state index is 0.0443. The molecule has 2 saturated carbocycles. The topological polar surface area (TPSA) is 44.8 Å². The van der Waals surface area contributed by atoms with Gasteiger partial charge >= 0.3 is 6.36 Å². The van der Waals surface area contributed by atoms with Crippen LogP contribution in [-0.4, -0.2) is 73.0 Å². The van der Waals surface area contributed by atoms with Gasteiger partial charge in [0.1, 0.15) is 0 Å². The van der Waals surface area contributed by atoms with E-state index in [1.807, 2.05) is 0 Å². The third-order valence-electron chi connectivity index (χ3n) is 9.12. The van der Waals surface area contributed by atoms with E-state index in [9.17, 15) is 18.0 Å². The fraction of sp³-hybridized carbons (Fsp3) is 0.963. The third-order valence-corrected chi connectivity index (χ3v) is 9.12. The standard InChI is InChI=1S/C27H46F3N3O2/c1-2-14-31-25(22-8-4-3-5-9-22)26(34)33-17-13-21-12-16-32(19-24(21)33)15-11-20-7-6-10-23(18-20)35-27(28,29)30/h20-25,31H,2-19H2,1H3/t20?,21-,23?,24-,25+/m1/s1. The largest absolute Gasteiger partial charge is 0.522 e. The van der Waals surface area contributed by atoms with E-state index in [4.69, 9.17) is 0 Å². The van der Waals surface area contributed by atoms with Crippen LogP contribution >= 0.6 is 0 Å². The summed E-state index contributed by atoms with van der Waals surface area (Å²) >= 11 is 0. The highest BCUT2D eigenvalue weighted by molar-refractivity contribution is 5.83. The summed E-state index contributed by atoms with van der Waals surface area (Å²) in [7, 11) is 0. The van der Waals surface area contributed by atoms with Gasteiger partial charge in [-0.05, 0) is 88.8 Å². The summed E-state index contributed by atoms with van der Waals surface area (Å²) in [6, 6.07) is 0.246. The SMILES string of the molecule is CCCN[C@H](C(=O)N1CC[C@H]2CCN(CCC3CCCC(OC(F)(F)F)C3)C[C@H]21)C1CCCCC1. The Hall–Kier alpha value is -0.860. The highest BCUT2D eigenvalue weighted by Gasteiger charge is 2.44. The fourth-order valence-corrected chi connectivity index (χ4v) is 7.25. The summed E-state index contributed by atoms with van der Waals surface area (Å²) in [6.07, 6.45) is 7.86. The van der Waals surface area contributed by atoms with E-state index < -0.39 is 12.5 Å². The van der Waals surface area contributed by atoms with E-state index in [0.717, 1.165) is 84.1 Å². The summed E-state index contributed by atoms with van der Waals surface area (Å²) in [5.74, 6) is 1.66. The van der Waals surface area contributed by atoms with Gasteiger partial charge in [0.15, 0.2) is 0 Å². The van der Waals surface area contributed by atoms with Crippen molar-refractivity contribution in [3.63, 3.8) is 0 Å². The van der Waals surface area contributed by atoms with E-state index in [1.165, 1.54) is 19.3 Å². The van der Waals surface area contributed by atoms with Crippen LogP contribution in [0.15, 0.2) is 0 Å². The number of nitrogens with zero attached hydrogens (tertiary/aromatic N) is 2. The van der Waals surface area contributed by atoms with Crippen LogP contribution in [0.5, 0.6) is 0 Å². The summed E-state index contributed by atoms with van der Waals surface area (Å²) in [5.41, 5.74) is 0. The van der Waals surface area contributed by atoms with Gasteiger partial charge < -0.3 is 15.1 Å². The first-order valence-electron chi connectivity index (χ1n) is 14.3. The molecule has 202 valence electrons. The van der Waals surface area contributed by atoms with Crippen molar-refractivity contribution < 1.29 is 22.7 Å². The number of fused-ring (bicyclic) bond motifs is 1. The monoisotopic (exact) mass is 501 g/mol. The molecule has 5 nitrogen and oxygen atoms in total. The molecule has 2 unspecified atom stereocenters. The van der Waals surface area contributed by atoms with Gasteiger partial charge in [-0.1, -0.05) is 39.0 Å². The predicted molar refractivity (Wildman–Crippen MR) is 131 cm³/mol. The second-order valence-corrected chi connectivity index (χ2v) is 11.6. The Morgan fingerprint density at radius 1 is 1.03 bits per heavy atom. The highest BCUT2D eigenvalue weighted by Crippen LogP contribution is 2.36. The zero-order valence-electron chi connectivity index (χ0n) is 21.5. The zero-order valence-corrected chi connectivity index (χ0v) is 21.5. The molecule has 35 heavy (non-hydrogen) atoms. The van der Waals surface area contributed by atoms with Gasteiger partial charge in [0, 0.05) is 19.1 Å². The van der Waals surface area contributed by atoms with Crippen molar-refractivity contribution in [3.8, 4) is 0 Å². The first-order chi connectivity index (χ1) is 16.8. The molecule has 0 aromatic heterocycles. The maximum absolute atomic E-state index is 13.8. The van der Waals surface area contributed by atoms with Gasteiger partial charge in [-0.2, -0.15) is 0 Å². The fourth-order valence-electron chi connectivity index (χ4n) is 7.25.